The average Bonchev–Trinajstić information content (AvgIpc) is 2.46. The fourth-order valence-electron chi connectivity index (χ4n) is 1.13. The SMILES string of the molecule is CCCn1c(C)csc1=NN=C(C)C. The maximum absolute atomic E-state index is 4.21. The van der Waals surface area contributed by atoms with Crippen molar-refractivity contribution < 1.29 is 0 Å². The van der Waals surface area contributed by atoms with E-state index in [1.807, 2.05) is 13.8 Å². The average molecular weight is 211 g/mol. The van der Waals surface area contributed by atoms with Crippen molar-refractivity contribution in [3.05, 3.63) is 15.9 Å². The molecule has 1 rings (SSSR count). The van der Waals surface area contributed by atoms with Gasteiger partial charge in [-0.2, -0.15) is 5.10 Å². The second-order valence-electron chi connectivity index (χ2n) is 3.46. The van der Waals surface area contributed by atoms with E-state index in [9.17, 15) is 0 Å². The molecule has 4 heteroatoms. The highest BCUT2D eigenvalue weighted by Crippen LogP contribution is 2.00. The first-order valence-corrected chi connectivity index (χ1v) is 5.73. The lowest BCUT2D eigenvalue weighted by Gasteiger charge is -2.01. The van der Waals surface area contributed by atoms with Gasteiger partial charge in [-0.25, -0.2) is 0 Å². The van der Waals surface area contributed by atoms with Gasteiger partial charge >= 0.3 is 0 Å². The van der Waals surface area contributed by atoms with Crippen molar-refractivity contribution in [1.29, 1.82) is 0 Å². The molecule has 1 aromatic heterocycles. The Labute approximate surface area is 88.8 Å². The molecule has 0 fully saturated rings. The summed E-state index contributed by atoms with van der Waals surface area (Å²) in [5.41, 5.74) is 2.25. The van der Waals surface area contributed by atoms with E-state index in [1.54, 1.807) is 11.3 Å². The van der Waals surface area contributed by atoms with Crippen molar-refractivity contribution in [3.8, 4) is 0 Å². The highest BCUT2D eigenvalue weighted by molar-refractivity contribution is 7.07. The van der Waals surface area contributed by atoms with E-state index in [1.165, 1.54) is 5.69 Å². The Balaban J connectivity index is 3.08. The van der Waals surface area contributed by atoms with Crippen LogP contribution >= 0.6 is 11.3 Å². The number of hydrogen-bond donors (Lipinski definition) is 0. The van der Waals surface area contributed by atoms with E-state index in [0.29, 0.717) is 0 Å². The molecule has 0 unspecified atom stereocenters. The van der Waals surface area contributed by atoms with Crippen LogP contribution in [0.4, 0.5) is 0 Å². The first-order valence-electron chi connectivity index (χ1n) is 4.85. The van der Waals surface area contributed by atoms with Gasteiger partial charge < -0.3 is 4.57 Å². The molecule has 0 aliphatic carbocycles. The number of nitrogens with zero attached hydrogens (tertiary/aromatic N) is 3. The third-order valence-electron chi connectivity index (χ3n) is 1.77. The molecule has 0 radical (unpaired) electrons. The molecule has 0 aliphatic rings. The van der Waals surface area contributed by atoms with Crippen LogP contribution in [0, 0.1) is 6.92 Å². The normalized spacial score (nSPS) is 11.9. The fraction of sp³-hybridized carbons (Fsp3) is 0.600. The highest BCUT2D eigenvalue weighted by Gasteiger charge is 1.98. The largest absolute Gasteiger partial charge is 0.320 e. The van der Waals surface area contributed by atoms with Crippen LogP contribution in [0.3, 0.4) is 0 Å². The van der Waals surface area contributed by atoms with Gasteiger partial charge in [0.05, 0.1) is 0 Å². The molecule has 0 spiro atoms. The third kappa shape index (κ3) is 2.80. The zero-order chi connectivity index (χ0) is 10.6. The molecule has 0 aromatic carbocycles. The molecule has 0 saturated carbocycles. The van der Waals surface area contributed by atoms with Gasteiger partial charge in [0.2, 0.25) is 4.80 Å². The number of aromatic nitrogens is 1. The van der Waals surface area contributed by atoms with Gasteiger partial charge in [0.25, 0.3) is 0 Å². The smallest absolute Gasteiger partial charge is 0.210 e. The molecule has 0 atom stereocenters. The lowest BCUT2D eigenvalue weighted by molar-refractivity contribution is 0.639. The van der Waals surface area contributed by atoms with Crippen LogP contribution in [-0.4, -0.2) is 10.3 Å². The standard InChI is InChI=1S/C10H17N3S/c1-5-6-13-9(4)7-14-10(13)12-11-8(2)3/h7H,5-6H2,1-4H3. The van der Waals surface area contributed by atoms with Crippen molar-refractivity contribution in [2.24, 2.45) is 10.2 Å². The minimum absolute atomic E-state index is 0.985. The van der Waals surface area contributed by atoms with E-state index in [2.05, 4.69) is 34.0 Å². The van der Waals surface area contributed by atoms with Crippen molar-refractivity contribution >= 4 is 17.0 Å². The van der Waals surface area contributed by atoms with Crippen LogP contribution in [0.15, 0.2) is 15.6 Å². The van der Waals surface area contributed by atoms with Crippen molar-refractivity contribution in [1.82, 2.24) is 4.57 Å². The summed E-state index contributed by atoms with van der Waals surface area (Å²) in [6.45, 7) is 9.20. The predicted octanol–water partition coefficient (Wildman–Crippen LogP) is 2.56. The van der Waals surface area contributed by atoms with Gasteiger partial charge in [-0.05, 0) is 27.2 Å². The molecule has 0 bridgehead atoms. The molecular formula is C10H17N3S. The maximum atomic E-state index is 4.21. The third-order valence-corrected chi connectivity index (χ3v) is 2.75. The van der Waals surface area contributed by atoms with Gasteiger partial charge in [0.15, 0.2) is 0 Å². The highest BCUT2D eigenvalue weighted by atomic mass is 32.1. The number of hydrogen-bond acceptors (Lipinski definition) is 3. The Morgan fingerprint density at radius 2 is 2.21 bits per heavy atom. The second-order valence-corrected chi connectivity index (χ2v) is 4.30. The molecule has 14 heavy (non-hydrogen) atoms. The Morgan fingerprint density at radius 3 is 2.79 bits per heavy atom. The molecule has 0 N–H and O–H groups in total. The summed E-state index contributed by atoms with van der Waals surface area (Å²) >= 11 is 1.65. The fourth-order valence-corrected chi connectivity index (χ4v) is 1.99. The molecule has 1 aromatic rings. The first kappa shape index (κ1) is 11.2. The minimum Gasteiger partial charge on any atom is -0.320 e. The number of aryl methyl sites for hydroxylation is 1. The molecule has 3 nitrogen and oxygen atoms in total. The topological polar surface area (TPSA) is 29.6 Å². The van der Waals surface area contributed by atoms with Crippen LogP contribution in [0.1, 0.15) is 32.9 Å². The van der Waals surface area contributed by atoms with Crippen LogP contribution in [0.5, 0.6) is 0 Å². The van der Waals surface area contributed by atoms with Crippen LogP contribution < -0.4 is 4.80 Å². The minimum atomic E-state index is 0.985. The zero-order valence-electron chi connectivity index (χ0n) is 9.24. The van der Waals surface area contributed by atoms with E-state index >= 15 is 0 Å². The zero-order valence-corrected chi connectivity index (χ0v) is 10.1. The summed E-state index contributed by atoms with van der Waals surface area (Å²) in [6, 6.07) is 0. The van der Waals surface area contributed by atoms with Gasteiger partial charge in [-0.15, -0.1) is 16.4 Å². The van der Waals surface area contributed by atoms with E-state index in [-0.39, 0.29) is 0 Å². The van der Waals surface area contributed by atoms with Gasteiger partial charge in [0.1, 0.15) is 0 Å². The van der Waals surface area contributed by atoms with E-state index < -0.39 is 0 Å². The Kier molecular flexibility index (Phi) is 4.07. The Morgan fingerprint density at radius 1 is 1.50 bits per heavy atom. The van der Waals surface area contributed by atoms with Crippen LogP contribution in [0.2, 0.25) is 0 Å². The second kappa shape index (κ2) is 5.10. The lowest BCUT2D eigenvalue weighted by atomic mass is 10.4. The monoisotopic (exact) mass is 211 g/mol. The Bertz CT molecular complexity index is 380. The molecule has 0 amide bonds. The van der Waals surface area contributed by atoms with Crippen molar-refractivity contribution in [3.63, 3.8) is 0 Å². The maximum Gasteiger partial charge on any atom is 0.210 e. The lowest BCUT2D eigenvalue weighted by Crippen LogP contribution is -2.15. The van der Waals surface area contributed by atoms with Crippen molar-refractivity contribution in [2.45, 2.75) is 40.7 Å². The number of thiazole rings is 1. The summed E-state index contributed by atoms with van der Waals surface area (Å²) in [5, 5.41) is 10.4. The summed E-state index contributed by atoms with van der Waals surface area (Å²) < 4.78 is 2.21. The molecule has 78 valence electrons. The first-order chi connectivity index (χ1) is 6.65. The predicted molar refractivity (Wildman–Crippen MR) is 61.7 cm³/mol. The Hall–Kier alpha value is -0.900. The molecule has 0 aliphatic heterocycles. The van der Waals surface area contributed by atoms with E-state index in [0.717, 1.165) is 23.5 Å². The molecular weight excluding hydrogens is 194 g/mol. The van der Waals surface area contributed by atoms with Crippen LogP contribution in [-0.2, 0) is 6.54 Å². The quantitative estimate of drug-likeness (QED) is 0.543. The van der Waals surface area contributed by atoms with Gasteiger partial charge in [-0.3, -0.25) is 0 Å². The number of rotatable bonds is 3. The van der Waals surface area contributed by atoms with E-state index in [4.69, 9.17) is 0 Å². The summed E-state index contributed by atoms with van der Waals surface area (Å²) in [4.78, 5) is 0.991. The van der Waals surface area contributed by atoms with Gasteiger partial charge in [0, 0.05) is 23.3 Å². The summed E-state index contributed by atoms with van der Waals surface area (Å²) in [7, 11) is 0. The van der Waals surface area contributed by atoms with Crippen LogP contribution in [0.25, 0.3) is 0 Å². The summed E-state index contributed by atoms with van der Waals surface area (Å²) in [5.74, 6) is 0. The molecule has 0 saturated heterocycles. The van der Waals surface area contributed by atoms with Crippen molar-refractivity contribution in [2.75, 3.05) is 0 Å². The van der Waals surface area contributed by atoms with Gasteiger partial charge in [-0.1, -0.05) is 6.92 Å². The summed E-state index contributed by atoms with van der Waals surface area (Å²) in [6.07, 6.45) is 1.12. The molecule has 1 heterocycles.